The zero-order valence-electron chi connectivity index (χ0n) is 18.2. The molecule has 9 heteroatoms. The molecular weight excluding hydrogens is 442 g/mol. The highest BCUT2D eigenvalue weighted by atomic mass is 32.2. The molecule has 0 radical (unpaired) electrons. The lowest BCUT2D eigenvalue weighted by Gasteiger charge is -2.19. The molecule has 0 fully saturated rings. The minimum Gasteiger partial charge on any atom is -0.496 e. The summed E-state index contributed by atoms with van der Waals surface area (Å²) in [5.41, 5.74) is 7.38. The van der Waals surface area contributed by atoms with E-state index < -0.39 is 27.9 Å². The summed E-state index contributed by atoms with van der Waals surface area (Å²) in [6, 6.07) is 18.5. The Kier molecular flexibility index (Phi) is 7.47. The van der Waals surface area contributed by atoms with Crippen molar-refractivity contribution in [3.8, 4) is 5.75 Å². The standard InChI is InChI=1S/C24H25N3O5S/c1-16-14-20(12-13-22(16)32-2)33(30,31)27-21(15-17-6-4-3-5-7-17)24(29)26-19-10-8-18(9-11-19)23(25)28/h3-14,21,27H,15H2,1-2H3,(H2,25,28)(H,26,29)/t21-/m1/s1. The van der Waals surface area contributed by atoms with Gasteiger partial charge >= 0.3 is 0 Å². The molecule has 4 N–H and O–H groups in total. The third kappa shape index (κ3) is 6.18. The molecule has 0 aliphatic carbocycles. The average molecular weight is 468 g/mol. The summed E-state index contributed by atoms with van der Waals surface area (Å²) in [7, 11) is -2.50. The van der Waals surface area contributed by atoms with Gasteiger partial charge in [0.2, 0.25) is 21.8 Å². The fourth-order valence-corrected chi connectivity index (χ4v) is 4.54. The molecule has 3 rings (SSSR count). The number of methoxy groups -OCH3 is 1. The zero-order chi connectivity index (χ0) is 24.0. The van der Waals surface area contributed by atoms with Gasteiger partial charge in [-0.25, -0.2) is 8.42 Å². The third-order valence-corrected chi connectivity index (χ3v) is 6.48. The summed E-state index contributed by atoms with van der Waals surface area (Å²) >= 11 is 0. The molecule has 3 aromatic rings. The van der Waals surface area contributed by atoms with Crippen LogP contribution in [0.2, 0.25) is 0 Å². The van der Waals surface area contributed by atoms with Gasteiger partial charge in [-0.05, 0) is 66.9 Å². The molecule has 0 aromatic heterocycles. The lowest BCUT2D eigenvalue weighted by molar-refractivity contribution is -0.117. The first kappa shape index (κ1) is 24.0. The van der Waals surface area contributed by atoms with Crippen molar-refractivity contribution < 1.29 is 22.7 Å². The molecule has 172 valence electrons. The first-order valence-corrected chi connectivity index (χ1v) is 11.6. The summed E-state index contributed by atoms with van der Waals surface area (Å²) in [5, 5.41) is 2.69. The number of hydrogen-bond donors (Lipinski definition) is 3. The maximum atomic E-state index is 13.1. The number of carbonyl (C=O) groups is 2. The van der Waals surface area contributed by atoms with E-state index in [4.69, 9.17) is 10.5 Å². The van der Waals surface area contributed by atoms with E-state index in [-0.39, 0.29) is 11.3 Å². The summed E-state index contributed by atoms with van der Waals surface area (Å²) in [5.74, 6) is -0.566. The van der Waals surface area contributed by atoms with Gasteiger partial charge in [0.15, 0.2) is 0 Å². The minimum absolute atomic E-state index is 0.0254. The number of anilines is 1. The van der Waals surface area contributed by atoms with Crippen molar-refractivity contribution in [1.29, 1.82) is 0 Å². The zero-order valence-corrected chi connectivity index (χ0v) is 19.1. The van der Waals surface area contributed by atoms with E-state index in [1.807, 2.05) is 30.3 Å². The van der Waals surface area contributed by atoms with Crippen molar-refractivity contribution >= 4 is 27.5 Å². The Bertz CT molecular complexity index is 1240. The van der Waals surface area contributed by atoms with Crippen molar-refractivity contribution in [3.63, 3.8) is 0 Å². The van der Waals surface area contributed by atoms with Gasteiger partial charge in [0.05, 0.1) is 12.0 Å². The molecule has 0 spiro atoms. The fraction of sp³-hybridized carbons (Fsp3) is 0.167. The van der Waals surface area contributed by atoms with Crippen LogP contribution in [0.1, 0.15) is 21.5 Å². The van der Waals surface area contributed by atoms with E-state index in [0.717, 1.165) is 5.56 Å². The first-order valence-electron chi connectivity index (χ1n) is 10.1. The second kappa shape index (κ2) is 10.3. The minimum atomic E-state index is -4.01. The molecule has 0 saturated carbocycles. The molecule has 1 atom stereocenters. The largest absolute Gasteiger partial charge is 0.496 e. The van der Waals surface area contributed by atoms with Crippen LogP contribution in [0.15, 0.2) is 77.7 Å². The third-order valence-electron chi connectivity index (χ3n) is 5.01. The smallest absolute Gasteiger partial charge is 0.248 e. The number of nitrogens with two attached hydrogens (primary N) is 1. The Morgan fingerprint density at radius 1 is 1.00 bits per heavy atom. The SMILES string of the molecule is COc1ccc(S(=O)(=O)N[C@H](Cc2ccccc2)C(=O)Nc2ccc(C(N)=O)cc2)cc1C. The van der Waals surface area contributed by atoms with E-state index in [2.05, 4.69) is 10.0 Å². The second-order valence-corrected chi connectivity index (χ2v) is 9.14. The highest BCUT2D eigenvalue weighted by Crippen LogP contribution is 2.22. The summed E-state index contributed by atoms with van der Waals surface area (Å²) in [6.45, 7) is 1.74. The second-order valence-electron chi connectivity index (χ2n) is 7.43. The maximum absolute atomic E-state index is 13.1. The number of aryl methyl sites for hydroxylation is 1. The first-order chi connectivity index (χ1) is 15.7. The van der Waals surface area contributed by atoms with E-state index in [0.29, 0.717) is 22.6 Å². The van der Waals surface area contributed by atoms with Crippen molar-refractivity contribution in [1.82, 2.24) is 4.72 Å². The highest BCUT2D eigenvalue weighted by Gasteiger charge is 2.27. The molecule has 0 heterocycles. The van der Waals surface area contributed by atoms with Crippen LogP contribution in [-0.4, -0.2) is 33.4 Å². The van der Waals surface area contributed by atoms with Crippen LogP contribution in [0.3, 0.4) is 0 Å². The van der Waals surface area contributed by atoms with Crippen LogP contribution in [0.4, 0.5) is 5.69 Å². The lowest BCUT2D eigenvalue weighted by atomic mass is 10.1. The molecule has 0 unspecified atom stereocenters. The van der Waals surface area contributed by atoms with E-state index in [1.165, 1.54) is 43.5 Å². The van der Waals surface area contributed by atoms with Crippen molar-refractivity contribution in [2.45, 2.75) is 24.3 Å². The summed E-state index contributed by atoms with van der Waals surface area (Å²) < 4.78 is 33.9. The molecule has 2 amide bonds. The fourth-order valence-electron chi connectivity index (χ4n) is 3.26. The summed E-state index contributed by atoms with van der Waals surface area (Å²) in [4.78, 5) is 24.3. The number of hydrogen-bond acceptors (Lipinski definition) is 5. The molecule has 0 aliphatic heterocycles. The van der Waals surface area contributed by atoms with Crippen LogP contribution in [0.25, 0.3) is 0 Å². The molecule has 0 bridgehead atoms. The van der Waals surface area contributed by atoms with Gasteiger partial charge in [0, 0.05) is 11.3 Å². The molecular formula is C24H25N3O5S. The van der Waals surface area contributed by atoms with Gasteiger partial charge in [-0.2, -0.15) is 4.72 Å². The van der Waals surface area contributed by atoms with Crippen LogP contribution < -0.4 is 20.5 Å². The normalized spacial score (nSPS) is 12.1. The van der Waals surface area contributed by atoms with Crippen LogP contribution >= 0.6 is 0 Å². The Morgan fingerprint density at radius 2 is 1.67 bits per heavy atom. The highest BCUT2D eigenvalue weighted by molar-refractivity contribution is 7.89. The van der Waals surface area contributed by atoms with Crippen LogP contribution in [-0.2, 0) is 21.2 Å². The molecule has 8 nitrogen and oxygen atoms in total. The molecule has 0 aliphatic rings. The number of primary amides is 1. The van der Waals surface area contributed by atoms with Gasteiger partial charge in [0.25, 0.3) is 0 Å². The van der Waals surface area contributed by atoms with Gasteiger partial charge < -0.3 is 15.8 Å². The van der Waals surface area contributed by atoms with E-state index >= 15 is 0 Å². The van der Waals surface area contributed by atoms with Gasteiger partial charge in [-0.1, -0.05) is 30.3 Å². The van der Waals surface area contributed by atoms with Crippen molar-refractivity contribution in [2.75, 3.05) is 12.4 Å². The van der Waals surface area contributed by atoms with Gasteiger partial charge in [0.1, 0.15) is 11.8 Å². The number of rotatable bonds is 9. The topological polar surface area (TPSA) is 128 Å². The average Bonchev–Trinajstić information content (AvgIpc) is 2.79. The van der Waals surface area contributed by atoms with Crippen LogP contribution in [0, 0.1) is 6.92 Å². The van der Waals surface area contributed by atoms with Gasteiger partial charge in [-0.3, -0.25) is 9.59 Å². The Labute approximate surface area is 192 Å². The van der Waals surface area contributed by atoms with Gasteiger partial charge in [-0.15, -0.1) is 0 Å². The maximum Gasteiger partial charge on any atom is 0.248 e. The monoisotopic (exact) mass is 467 g/mol. The number of nitrogens with one attached hydrogen (secondary N) is 2. The Balaban J connectivity index is 1.86. The number of ether oxygens (including phenoxy) is 1. The number of amides is 2. The van der Waals surface area contributed by atoms with E-state index in [9.17, 15) is 18.0 Å². The predicted molar refractivity (Wildman–Crippen MR) is 126 cm³/mol. The predicted octanol–water partition coefficient (Wildman–Crippen LogP) is 2.63. The molecule has 33 heavy (non-hydrogen) atoms. The van der Waals surface area contributed by atoms with Crippen molar-refractivity contribution in [3.05, 3.63) is 89.5 Å². The molecule has 0 saturated heterocycles. The molecule has 3 aromatic carbocycles. The Hall–Kier alpha value is -3.69. The lowest BCUT2D eigenvalue weighted by Crippen LogP contribution is -2.45. The van der Waals surface area contributed by atoms with Crippen LogP contribution in [0.5, 0.6) is 5.75 Å². The van der Waals surface area contributed by atoms with Crippen molar-refractivity contribution in [2.24, 2.45) is 5.73 Å². The summed E-state index contributed by atoms with van der Waals surface area (Å²) in [6.07, 6.45) is 0.139. The number of carbonyl (C=O) groups excluding carboxylic acids is 2. The quantitative estimate of drug-likeness (QED) is 0.446. The van der Waals surface area contributed by atoms with E-state index in [1.54, 1.807) is 13.0 Å². The number of sulfonamides is 1. The Morgan fingerprint density at radius 3 is 2.24 bits per heavy atom. The number of benzene rings is 3.